The Kier molecular flexibility index (Phi) is 4.56. The smallest absolute Gasteiger partial charge is 0.137 e. The molecule has 0 amide bonds. The average molecular weight is 302 g/mol. The number of rotatable bonds is 6. The topological polar surface area (TPSA) is 34.1 Å². The van der Waals surface area contributed by atoms with Crippen LogP contribution in [0.1, 0.15) is 46.7 Å². The van der Waals surface area contributed by atoms with Gasteiger partial charge >= 0.3 is 0 Å². The number of aryl methyl sites for hydroxylation is 2. The molecule has 0 bridgehead atoms. The van der Waals surface area contributed by atoms with Gasteiger partial charge in [0.1, 0.15) is 5.75 Å². The fraction of sp³-hybridized carbons (Fsp3) is 0.471. The number of nitrogens with one attached hydrogen (secondary N) is 1. The fourth-order valence-electron chi connectivity index (χ4n) is 2.86. The number of aromatic nitrogens is 1. The van der Waals surface area contributed by atoms with Crippen molar-refractivity contribution >= 4 is 11.3 Å². The van der Waals surface area contributed by atoms with Crippen LogP contribution >= 0.6 is 11.3 Å². The highest BCUT2D eigenvalue weighted by Crippen LogP contribution is 2.36. The van der Waals surface area contributed by atoms with Gasteiger partial charge in [0.05, 0.1) is 18.8 Å². The SMILES string of the molecule is CCCOc1cncc(C(NC)c2cc3c(s2)CCC3)c1. The lowest BCUT2D eigenvalue weighted by atomic mass is 10.1. The van der Waals surface area contributed by atoms with E-state index in [9.17, 15) is 0 Å². The molecule has 0 saturated heterocycles. The van der Waals surface area contributed by atoms with E-state index in [-0.39, 0.29) is 6.04 Å². The van der Waals surface area contributed by atoms with E-state index >= 15 is 0 Å². The first-order valence-corrected chi connectivity index (χ1v) is 8.50. The Morgan fingerprint density at radius 1 is 1.33 bits per heavy atom. The summed E-state index contributed by atoms with van der Waals surface area (Å²) in [5.74, 6) is 0.860. The molecule has 1 N–H and O–H groups in total. The van der Waals surface area contributed by atoms with E-state index in [4.69, 9.17) is 4.74 Å². The second kappa shape index (κ2) is 6.58. The summed E-state index contributed by atoms with van der Waals surface area (Å²) in [7, 11) is 2.01. The van der Waals surface area contributed by atoms with Gasteiger partial charge in [-0.15, -0.1) is 11.3 Å². The van der Waals surface area contributed by atoms with Crippen LogP contribution in [-0.2, 0) is 12.8 Å². The standard InChI is InChI=1S/C17H22N2OS/c1-3-7-20-14-8-13(10-19-11-14)17(18-2)16-9-12-5-4-6-15(12)21-16/h8-11,17-18H,3-7H2,1-2H3. The Morgan fingerprint density at radius 2 is 2.24 bits per heavy atom. The highest BCUT2D eigenvalue weighted by atomic mass is 32.1. The molecule has 0 spiro atoms. The highest BCUT2D eigenvalue weighted by molar-refractivity contribution is 7.12. The summed E-state index contributed by atoms with van der Waals surface area (Å²) < 4.78 is 5.70. The summed E-state index contributed by atoms with van der Waals surface area (Å²) in [4.78, 5) is 7.29. The van der Waals surface area contributed by atoms with Crippen molar-refractivity contribution in [3.8, 4) is 5.75 Å². The van der Waals surface area contributed by atoms with Gasteiger partial charge in [0.15, 0.2) is 0 Å². The molecular formula is C17H22N2OS. The molecule has 0 radical (unpaired) electrons. The zero-order chi connectivity index (χ0) is 14.7. The quantitative estimate of drug-likeness (QED) is 0.883. The molecule has 3 rings (SSSR count). The zero-order valence-electron chi connectivity index (χ0n) is 12.7. The minimum absolute atomic E-state index is 0.207. The third-order valence-corrected chi connectivity index (χ3v) is 5.18. The number of nitrogens with zero attached hydrogens (tertiary/aromatic N) is 1. The van der Waals surface area contributed by atoms with Gasteiger partial charge in [-0.1, -0.05) is 6.92 Å². The van der Waals surface area contributed by atoms with Gasteiger partial charge in [0.25, 0.3) is 0 Å². The Labute approximate surface area is 130 Å². The van der Waals surface area contributed by atoms with Crippen molar-refractivity contribution < 1.29 is 4.74 Å². The van der Waals surface area contributed by atoms with E-state index in [1.165, 1.54) is 29.7 Å². The van der Waals surface area contributed by atoms with Crippen molar-refractivity contribution in [3.63, 3.8) is 0 Å². The molecule has 4 heteroatoms. The molecule has 3 nitrogen and oxygen atoms in total. The van der Waals surface area contributed by atoms with Crippen LogP contribution < -0.4 is 10.1 Å². The summed E-state index contributed by atoms with van der Waals surface area (Å²) in [6, 6.07) is 4.68. The monoisotopic (exact) mass is 302 g/mol. The lowest BCUT2D eigenvalue weighted by molar-refractivity contribution is 0.315. The summed E-state index contributed by atoms with van der Waals surface area (Å²) in [5.41, 5.74) is 2.72. The van der Waals surface area contributed by atoms with Gasteiger partial charge in [-0.2, -0.15) is 0 Å². The van der Waals surface area contributed by atoms with Gasteiger partial charge in [-0.05, 0) is 56.0 Å². The van der Waals surface area contributed by atoms with Crippen LogP contribution in [0.15, 0.2) is 24.5 Å². The molecule has 2 aromatic rings. The molecule has 2 aromatic heterocycles. The van der Waals surface area contributed by atoms with Gasteiger partial charge in [-0.3, -0.25) is 4.98 Å². The minimum atomic E-state index is 0.207. The summed E-state index contributed by atoms with van der Waals surface area (Å²) in [6.45, 7) is 2.85. The lowest BCUT2D eigenvalue weighted by Crippen LogP contribution is -2.17. The second-order valence-corrected chi connectivity index (χ2v) is 6.64. The van der Waals surface area contributed by atoms with Gasteiger partial charge < -0.3 is 10.1 Å². The maximum absolute atomic E-state index is 5.70. The van der Waals surface area contributed by atoms with Crippen molar-refractivity contribution in [3.05, 3.63) is 45.4 Å². The van der Waals surface area contributed by atoms with Crippen molar-refractivity contribution in [1.29, 1.82) is 0 Å². The highest BCUT2D eigenvalue weighted by Gasteiger charge is 2.21. The Morgan fingerprint density at radius 3 is 3.00 bits per heavy atom. The number of fused-ring (bicyclic) bond motifs is 1. The molecule has 21 heavy (non-hydrogen) atoms. The van der Waals surface area contributed by atoms with Crippen molar-refractivity contribution in [2.75, 3.05) is 13.7 Å². The predicted molar refractivity (Wildman–Crippen MR) is 87.3 cm³/mol. The maximum atomic E-state index is 5.70. The molecule has 2 heterocycles. The first-order valence-electron chi connectivity index (χ1n) is 7.68. The molecule has 0 saturated carbocycles. The lowest BCUT2D eigenvalue weighted by Gasteiger charge is -2.16. The van der Waals surface area contributed by atoms with E-state index in [2.05, 4.69) is 29.4 Å². The normalized spacial score (nSPS) is 15.0. The number of ether oxygens (including phenoxy) is 1. The number of thiophene rings is 1. The second-order valence-electron chi connectivity index (χ2n) is 5.47. The molecule has 1 aliphatic rings. The van der Waals surface area contributed by atoms with E-state index in [1.54, 1.807) is 16.6 Å². The molecule has 0 aliphatic heterocycles. The van der Waals surface area contributed by atoms with E-state index in [0.29, 0.717) is 0 Å². The summed E-state index contributed by atoms with van der Waals surface area (Å²) >= 11 is 1.94. The largest absolute Gasteiger partial charge is 0.492 e. The molecule has 0 aromatic carbocycles. The first kappa shape index (κ1) is 14.5. The third kappa shape index (κ3) is 3.11. The van der Waals surface area contributed by atoms with Gasteiger partial charge in [0, 0.05) is 16.0 Å². The van der Waals surface area contributed by atoms with E-state index < -0.39 is 0 Å². The number of pyridine rings is 1. The van der Waals surface area contributed by atoms with Gasteiger partial charge in [-0.25, -0.2) is 0 Å². The molecule has 1 unspecified atom stereocenters. The van der Waals surface area contributed by atoms with E-state index in [1.807, 2.05) is 24.6 Å². The molecular weight excluding hydrogens is 280 g/mol. The molecule has 112 valence electrons. The first-order chi connectivity index (χ1) is 10.3. The minimum Gasteiger partial charge on any atom is -0.492 e. The van der Waals surface area contributed by atoms with Crippen LogP contribution in [0.4, 0.5) is 0 Å². The van der Waals surface area contributed by atoms with E-state index in [0.717, 1.165) is 18.8 Å². The summed E-state index contributed by atoms with van der Waals surface area (Å²) in [5, 5.41) is 3.42. The predicted octanol–water partition coefficient (Wildman–Crippen LogP) is 3.73. The molecule has 1 aliphatic carbocycles. The van der Waals surface area contributed by atoms with Crippen LogP contribution in [0.3, 0.4) is 0 Å². The Bertz CT molecular complexity index is 587. The van der Waals surface area contributed by atoms with Crippen LogP contribution in [0.5, 0.6) is 5.75 Å². The fourth-order valence-corrected chi connectivity index (χ4v) is 4.26. The summed E-state index contributed by atoms with van der Waals surface area (Å²) in [6.07, 6.45) is 8.53. The zero-order valence-corrected chi connectivity index (χ0v) is 13.5. The van der Waals surface area contributed by atoms with Crippen molar-refractivity contribution in [1.82, 2.24) is 10.3 Å². The number of hydrogen-bond donors (Lipinski definition) is 1. The average Bonchev–Trinajstić information content (AvgIpc) is 3.08. The van der Waals surface area contributed by atoms with Crippen molar-refractivity contribution in [2.24, 2.45) is 0 Å². The van der Waals surface area contributed by atoms with Crippen molar-refractivity contribution in [2.45, 2.75) is 38.6 Å². The van der Waals surface area contributed by atoms with Crippen LogP contribution in [0.2, 0.25) is 0 Å². The van der Waals surface area contributed by atoms with Crippen LogP contribution in [0, 0.1) is 0 Å². The maximum Gasteiger partial charge on any atom is 0.137 e. The Hall–Kier alpha value is -1.39. The molecule has 1 atom stereocenters. The van der Waals surface area contributed by atoms with Crippen LogP contribution in [-0.4, -0.2) is 18.6 Å². The molecule has 0 fully saturated rings. The third-order valence-electron chi connectivity index (χ3n) is 3.88. The van der Waals surface area contributed by atoms with Crippen LogP contribution in [0.25, 0.3) is 0 Å². The Balaban J connectivity index is 1.85. The van der Waals surface area contributed by atoms with Gasteiger partial charge in [0.2, 0.25) is 0 Å². The number of hydrogen-bond acceptors (Lipinski definition) is 4.